The first kappa shape index (κ1) is 20.6. The van der Waals surface area contributed by atoms with Crippen LogP contribution >= 0.6 is 24.8 Å². The highest BCUT2D eigenvalue weighted by Crippen LogP contribution is 2.18. The summed E-state index contributed by atoms with van der Waals surface area (Å²) in [5.74, 6) is -1.03. The molecule has 5 N–H and O–H groups in total. The molecule has 1 aromatic rings. The molecule has 0 saturated carbocycles. The summed E-state index contributed by atoms with van der Waals surface area (Å²) in [5, 5.41) is 12.8. The highest BCUT2D eigenvalue weighted by molar-refractivity contribution is 5.85. The minimum absolute atomic E-state index is 0. The van der Waals surface area contributed by atoms with Crippen LogP contribution in [0.25, 0.3) is 0 Å². The largest absolute Gasteiger partial charge is 0.480 e. The maximum Gasteiger partial charge on any atom is 0.325 e. The third-order valence-corrected chi connectivity index (χ3v) is 2.14. The molecule has 1 aromatic heterocycles. The second-order valence-electron chi connectivity index (χ2n) is 3.02. The van der Waals surface area contributed by atoms with Gasteiger partial charge in [-0.25, -0.2) is 0 Å². The molecule has 0 bridgehead atoms. The van der Waals surface area contributed by atoms with E-state index in [0.29, 0.717) is 11.3 Å². The van der Waals surface area contributed by atoms with Crippen LogP contribution in [0.3, 0.4) is 0 Å². The van der Waals surface area contributed by atoms with Crippen molar-refractivity contribution in [1.82, 2.24) is 9.78 Å². The lowest BCUT2D eigenvalue weighted by atomic mass is 10.1. The fraction of sp³-hybridized carbons (Fsp3) is 0.500. The lowest BCUT2D eigenvalue weighted by Crippen LogP contribution is -2.22. The average molecular weight is 274 g/mol. The molecule has 0 amide bonds. The molecule has 1 unspecified atom stereocenters. The topological polar surface area (TPSA) is 113 Å². The van der Waals surface area contributed by atoms with Gasteiger partial charge in [-0.2, -0.15) is 5.10 Å². The van der Waals surface area contributed by atoms with Gasteiger partial charge in [0.25, 0.3) is 0 Å². The van der Waals surface area contributed by atoms with Crippen LogP contribution in [-0.4, -0.2) is 26.3 Å². The van der Waals surface area contributed by atoms with Gasteiger partial charge in [0, 0.05) is 18.3 Å². The van der Waals surface area contributed by atoms with E-state index in [9.17, 15) is 4.79 Å². The summed E-state index contributed by atoms with van der Waals surface area (Å²) >= 11 is 0. The maximum absolute atomic E-state index is 10.7. The van der Waals surface area contributed by atoms with E-state index in [1.54, 1.807) is 25.6 Å². The van der Waals surface area contributed by atoms with Gasteiger partial charge in [-0.3, -0.25) is 9.48 Å². The zero-order chi connectivity index (χ0) is 10.2. The minimum atomic E-state index is -1.03. The van der Waals surface area contributed by atoms with Gasteiger partial charge in [-0.1, -0.05) is 0 Å². The summed E-state index contributed by atoms with van der Waals surface area (Å²) in [5.41, 5.74) is 7.58. The summed E-state index contributed by atoms with van der Waals surface area (Å²) in [6.07, 6.45) is 0. The maximum atomic E-state index is 10.7. The molecule has 8 heteroatoms. The first-order valence-corrected chi connectivity index (χ1v) is 3.93. The number of hydrogen-bond acceptors (Lipinski definition) is 3. The van der Waals surface area contributed by atoms with E-state index in [-0.39, 0.29) is 30.3 Å². The first-order chi connectivity index (χ1) is 5.95. The third kappa shape index (κ3) is 3.64. The van der Waals surface area contributed by atoms with E-state index in [1.165, 1.54) is 0 Å². The minimum Gasteiger partial charge on any atom is -0.480 e. The Morgan fingerprint density at radius 1 is 1.44 bits per heavy atom. The van der Waals surface area contributed by atoms with Crippen molar-refractivity contribution in [3.05, 3.63) is 17.0 Å². The molecule has 0 spiro atoms. The molecule has 1 heterocycles. The van der Waals surface area contributed by atoms with Gasteiger partial charge in [0.15, 0.2) is 0 Å². The lowest BCUT2D eigenvalue weighted by Gasteiger charge is -2.06. The van der Waals surface area contributed by atoms with Gasteiger partial charge in [0.05, 0.1) is 5.69 Å². The number of nitrogens with zero attached hydrogens (tertiary/aromatic N) is 2. The van der Waals surface area contributed by atoms with Gasteiger partial charge in [0.1, 0.15) is 6.04 Å². The van der Waals surface area contributed by atoms with Crippen molar-refractivity contribution in [1.29, 1.82) is 0 Å². The van der Waals surface area contributed by atoms with Gasteiger partial charge >= 0.3 is 5.97 Å². The van der Waals surface area contributed by atoms with Crippen molar-refractivity contribution in [3.8, 4) is 0 Å². The molecule has 0 fully saturated rings. The van der Waals surface area contributed by atoms with E-state index in [4.69, 9.17) is 10.8 Å². The normalized spacial score (nSPS) is 10.5. The fourth-order valence-corrected chi connectivity index (χ4v) is 1.36. The SMILES string of the molecule is Cc1nn(C)c(C)c1C(N)C(=O)O.Cl.Cl.O. The van der Waals surface area contributed by atoms with Gasteiger partial charge in [-0.05, 0) is 13.8 Å². The number of carboxylic acid groups (broad SMARTS) is 1. The number of carboxylic acids is 1. The van der Waals surface area contributed by atoms with Gasteiger partial charge < -0.3 is 16.3 Å². The van der Waals surface area contributed by atoms with Crippen molar-refractivity contribution in [3.63, 3.8) is 0 Å². The van der Waals surface area contributed by atoms with Crippen molar-refractivity contribution in [2.45, 2.75) is 19.9 Å². The van der Waals surface area contributed by atoms with E-state index in [2.05, 4.69) is 5.10 Å². The number of aliphatic carboxylic acids is 1. The zero-order valence-electron chi connectivity index (χ0n) is 9.22. The van der Waals surface area contributed by atoms with Crippen LogP contribution in [0.5, 0.6) is 0 Å². The van der Waals surface area contributed by atoms with E-state index >= 15 is 0 Å². The smallest absolute Gasteiger partial charge is 0.325 e. The zero-order valence-corrected chi connectivity index (χ0v) is 10.9. The second kappa shape index (κ2) is 7.45. The highest BCUT2D eigenvalue weighted by Gasteiger charge is 2.21. The van der Waals surface area contributed by atoms with Crippen LogP contribution in [-0.2, 0) is 11.8 Å². The van der Waals surface area contributed by atoms with Crippen LogP contribution in [0, 0.1) is 13.8 Å². The number of nitrogens with two attached hydrogens (primary N) is 1. The summed E-state index contributed by atoms with van der Waals surface area (Å²) in [4.78, 5) is 10.7. The molecule has 0 aliphatic rings. The van der Waals surface area contributed by atoms with Crippen molar-refractivity contribution >= 4 is 30.8 Å². The molecular weight excluding hydrogens is 257 g/mol. The fourth-order valence-electron chi connectivity index (χ4n) is 1.36. The van der Waals surface area contributed by atoms with Crippen LogP contribution in [0.4, 0.5) is 0 Å². The van der Waals surface area contributed by atoms with E-state index in [1.807, 2.05) is 0 Å². The Balaban J connectivity index is -0.000000563. The van der Waals surface area contributed by atoms with Crippen molar-refractivity contribution in [2.75, 3.05) is 0 Å². The quantitative estimate of drug-likeness (QED) is 0.798. The van der Waals surface area contributed by atoms with E-state index in [0.717, 1.165) is 5.69 Å². The van der Waals surface area contributed by atoms with Crippen molar-refractivity contribution < 1.29 is 15.4 Å². The molecule has 0 aromatic carbocycles. The Morgan fingerprint density at radius 2 is 1.88 bits per heavy atom. The molecular formula is C8H17Cl2N3O3. The summed E-state index contributed by atoms with van der Waals surface area (Å²) in [6, 6.07) is -0.978. The average Bonchev–Trinajstić information content (AvgIpc) is 2.26. The summed E-state index contributed by atoms with van der Waals surface area (Å²) in [6.45, 7) is 3.56. The molecule has 16 heavy (non-hydrogen) atoms. The Morgan fingerprint density at radius 3 is 2.12 bits per heavy atom. The summed E-state index contributed by atoms with van der Waals surface area (Å²) < 4.78 is 1.63. The number of hydrogen-bond donors (Lipinski definition) is 2. The standard InChI is InChI=1S/C8H13N3O2.2ClH.H2O/c1-4-6(7(9)8(12)13)5(2)11(3)10-4;;;/h7H,9H2,1-3H3,(H,12,13);2*1H;1H2. The molecule has 0 aliphatic carbocycles. The van der Waals surface area contributed by atoms with Crippen LogP contribution in [0.2, 0.25) is 0 Å². The third-order valence-electron chi connectivity index (χ3n) is 2.14. The Labute approximate surface area is 106 Å². The molecule has 96 valence electrons. The predicted molar refractivity (Wildman–Crippen MR) is 65.4 cm³/mol. The number of rotatable bonds is 2. The Bertz CT molecular complexity index is 355. The monoisotopic (exact) mass is 273 g/mol. The summed E-state index contributed by atoms with van der Waals surface area (Å²) in [7, 11) is 1.76. The van der Waals surface area contributed by atoms with Crippen LogP contribution in [0.15, 0.2) is 0 Å². The second-order valence-corrected chi connectivity index (χ2v) is 3.02. The molecule has 1 atom stereocenters. The van der Waals surface area contributed by atoms with Gasteiger partial charge in [0.2, 0.25) is 0 Å². The number of carbonyl (C=O) groups is 1. The lowest BCUT2D eigenvalue weighted by molar-refractivity contribution is -0.138. The molecule has 6 nitrogen and oxygen atoms in total. The van der Waals surface area contributed by atoms with Gasteiger partial charge in [-0.15, -0.1) is 24.8 Å². The van der Waals surface area contributed by atoms with Crippen LogP contribution < -0.4 is 5.73 Å². The van der Waals surface area contributed by atoms with Crippen LogP contribution in [0.1, 0.15) is 23.0 Å². The molecule has 0 saturated heterocycles. The Hall–Kier alpha value is -0.820. The first-order valence-electron chi connectivity index (χ1n) is 3.93. The molecule has 0 aliphatic heterocycles. The predicted octanol–water partition coefficient (Wildman–Crippen LogP) is 0.140. The van der Waals surface area contributed by atoms with E-state index < -0.39 is 12.0 Å². The molecule has 1 rings (SSSR count). The Kier molecular flexibility index (Phi) is 9.58. The number of halogens is 2. The highest BCUT2D eigenvalue weighted by atomic mass is 35.5. The molecule has 0 radical (unpaired) electrons. The number of aryl methyl sites for hydroxylation is 2. The van der Waals surface area contributed by atoms with Crippen molar-refractivity contribution in [2.24, 2.45) is 12.8 Å². The number of aromatic nitrogens is 2.